The minimum absolute atomic E-state index is 0.0210. The second-order valence-electron chi connectivity index (χ2n) is 7.01. The smallest absolute Gasteiger partial charge is 0.243 e. The van der Waals surface area contributed by atoms with Crippen molar-refractivity contribution in [3.63, 3.8) is 0 Å². The van der Waals surface area contributed by atoms with E-state index in [0.717, 1.165) is 12.0 Å². The van der Waals surface area contributed by atoms with Crippen LogP contribution >= 0.6 is 23.4 Å². The summed E-state index contributed by atoms with van der Waals surface area (Å²) in [6.07, 6.45) is 1.35. The topological polar surface area (TPSA) is 52.7 Å². The van der Waals surface area contributed by atoms with Gasteiger partial charge in [-0.15, -0.1) is 11.8 Å². The van der Waals surface area contributed by atoms with Crippen molar-refractivity contribution >= 4 is 35.2 Å². The number of thioether (sulfide) groups is 1. The molecule has 0 saturated carbocycles. The van der Waals surface area contributed by atoms with Crippen LogP contribution < -0.4 is 5.32 Å². The van der Waals surface area contributed by atoms with E-state index in [-0.39, 0.29) is 28.8 Å². The Balaban J connectivity index is 1.69. The molecule has 2 fully saturated rings. The molecule has 7 heteroatoms. The predicted octanol–water partition coefficient (Wildman–Crippen LogP) is 2.51. The van der Waals surface area contributed by atoms with Gasteiger partial charge in [0.1, 0.15) is 6.04 Å². The van der Waals surface area contributed by atoms with Crippen LogP contribution in [0.3, 0.4) is 0 Å². The van der Waals surface area contributed by atoms with Crippen molar-refractivity contribution in [3.05, 3.63) is 34.9 Å². The van der Waals surface area contributed by atoms with Crippen LogP contribution in [0.4, 0.5) is 0 Å². The van der Waals surface area contributed by atoms with E-state index < -0.39 is 0 Å². The van der Waals surface area contributed by atoms with Crippen LogP contribution in [0.25, 0.3) is 0 Å². The zero-order valence-electron chi connectivity index (χ0n) is 14.8. The van der Waals surface area contributed by atoms with E-state index in [2.05, 4.69) is 12.2 Å². The van der Waals surface area contributed by atoms with Gasteiger partial charge in [-0.3, -0.25) is 9.59 Å². The van der Waals surface area contributed by atoms with Gasteiger partial charge in [0.15, 0.2) is 0 Å². The molecule has 136 valence electrons. The van der Waals surface area contributed by atoms with Gasteiger partial charge in [-0.25, -0.2) is 0 Å². The van der Waals surface area contributed by atoms with Crippen molar-refractivity contribution in [2.75, 3.05) is 26.4 Å². The molecule has 2 saturated heterocycles. The van der Waals surface area contributed by atoms with Crippen molar-refractivity contribution in [3.8, 4) is 0 Å². The highest BCUT2D eigenvalue weighted by Crippen LogP contribution is 2.47. The molecule has 0 aromatic heterocycles. The lowest BCUT2D eigenvalue weighted by Gasteiger charge is -2.31. The molecule has 3 atom stereocenters. The fourth-order valence-electron chi connectivity index (χ4n) is 3.65. The highest BCUT2D eigenvalue weighted by Gasteiger charge is 2.52. The van der Waals surface area contributed by atoms with Crippen molar-refractivity contribution < 1.29 is 9.59 Å². The van der Waals surface area contributed by atoms with E-state index in [0.29, 0.717) is 23.7 Å². The molecule has 3 rings (SSSR count). The van der Waals surface area contributed by atoms with Gasteiger partial charge in [-0.2, -0.15) is 0 Å². The molecule has 25 heavy (non-hydrogen) atoms. The van der Waals surface area contributed by atoms with Crippen molar-refractivity contribution in [2.45, 2.75) is 36.7 Å². The van der Waals surface area contributed by atoms with Gasteiger partial charge < -0.3 is 15.1 Å². The number of amides is 2. The summed E-state index contributed by atoms with van der Waals surface area (Å²) in [5.41, 5.74) is 0.984. The first-order valence-corrected chi connectivity index (χ1v) is 9.84. The Morgan fingerprint density at radius 3 is 2.88 bits per heavy atom. The zero-order chi connectivity index (χ0) is 18.2. The van der Waals surface area contributed by atoms with Gasteiger partial charge in [0.05, 0.1) is 10.9 Å². The number of hydrogen-bond donors (Lipinski definition) is 1. The van der Waals surface area contributed by atoms with Crippen molar-refractivity contribution in [2.24, 2.45) is 0 Å². The molecule has 0 bridgehead atoms. The van der Waals surface area contributed by atoms with Crippen LogP contribution in [0.15, 0.2) is 24.3 Å². The molecule has 1 aromatic carbocycles. The summed E-state index contributed by atoms with van der Waals surface area (Å²) in [7, 11) is 3.93. The fraction of sp³-hybridized carbons (Fsp3) is 0.556. The highest BCUT2D eigenvalue weighted by molar-refractivity contribution is 8.01. The first kappa shape index (κ1) is 18.5. The number of carbonyl (C=O) groups is 2. The van der Waals surface area contributed by atoms with Gasteiger partial charge in [-0.05, 0) is 39.1 Å². The third-order valence-corrected chi connectivity index (χ3v) is 6.95. The van der Waals surface area contributed by atoms with Crippen LogP contribution in [0.1, 0.15) is 31.4 Å². The average Bonchev–Trinajstić information content (AvgIpc) is 3.05. The van der Waals surface area contributed by atoms with E-state index >= 15 is 0 Å². The Bertz CT molecular complexity index is 684. The minimum Gasteiger partial charge on any atom is -0.352 e. The quantitative estimate of drug-likeness (QED) is 0.851. The minimum atomic E-state index is -0.376. The summed E-state index contributed by atoms with van der Waals surface area (Å²) >= 11 is 8.03. The SMILES string of the molecule is CN(C)C(CNC(=O)C1CSC2(C)CCC(=O)N12)c1ccccc1Cl. The Labute approximate surface area is 158 Å². The number of carbonyl (C=O) groups excluding carboxylic acids is 2. The molecule has 2 aliphatic rings. The molecule has 2 heterocycles. The van der Waals surface area contributed by atoms with Gasteiger partial charge >= 0.3 is 0 Å². The second kappa shape index (κ2) is 7.17. The van der Waals surface area contributed by atoms with Crippen LogP contribution in [0, 0.1) is 0 Å². The Hall–Kier alpha value is -1.24. The largest absolute Gasteiger partial charge is 0.352 e. The lowest BCUT2D eigenvalue weighted by atomic mass is 10.1. The molecule has 1 N–H and O–H groups in total. The lowest BCUT2D eigenvalue weighted by Crippen LogP contribution is -2.51. The zero-order valence-corrected chi connectivity index (χ0v) is 16.4. The Morgan fingerprint density at radius 2 is 2.20 bits per heavy atom. The van der Waals surface area contributed by atoms with E-state index in [1.165, 1.54) is 0 Å². The maximum Gasteiger partial charge on any atom is 0.243 e. The number of likely N-dealkylation sites (N-methyl/N-ethyl adjacent to an activating group) is 1. The van der Waals surface area contributed by atoms with Crippen LogP contribution in [0.2, 0.25) is 5.02 Å². The first-order chi connectivity index (χ1) is 11.8. The first-order valence-electron chi connectivity index (χ1n) is 8.48. The summed E-state index contributed by atoms with van der Waals surface area (Å²) < 4.78 is 0. The summed E-state index contributed by atoms with van der Waals surface area (Å²) in [6, 6.07) is 7.28. The monoisotopic (exact) mass is 381 g/mol. The normalized spacial score (nSPS) is 26.8. The summed E-state index contributed by atoms with van der Waals surface area (Å²) in [4.78, 5) is 28.5. The van der Waals surface area contributed by atoms with E-state index in [1.54, 1.807) is 16.7 Å². The molecular weight excluding hydrogens is 358 g/mol. The maximum absolute atomic E-state index is 12.7. The van der Waals surface area contributed by atoms with Crippen LogP contribution in [-0.2, 0) is 9.59 Å². The summed E-state index contributed by atoms with van der Waals surface area (Å²) in [5, 5.41) is 3.72. The van der Waals surface area contributed by atoms with Crippen LogP contribution in [0.5, 0.6) is 0 Å². The molecule has 5 nitrogen and oxygen atoms in total. The number of nitrogens with one attached hydrogen (secondary N) is 1. The van der Waals surface area contributed by atoms with Gasteiger partial charge in [0.2, 0.25) is 11.8 Å². The Kier molecular flexibility index (Phi) is 5.32. The van der Waals surface area contributed by atoms with Crippen molar-refractivity contribution in [1.29, 1.82) is 0 Å². The molecule has 1 aromatic rings. The number of fused-ring (bicyclic) bond motifs is 1. The standard InChI is InChI=1S/C18H24ClN3O2S/c1-18-9-8-16(23)22(18)15(11-25-18)17(24)20-10-14(21(2)3)12-6-4-5-7-13(12)19/h4-7,14-15H,8-11H2,1-3H3,(H,20,24). The third kappa shape index (κ3) is 3.52. The molecule has 0 spiro atoms. The molecular formula is C18H24ClN3O2S. The molecule has 0 radical (unpaired) electrons. The molecule has 2 aliphatic heterocycles. The van der Waals surface area contributed by atoms with Crippen LogP contribution in [-0.4, -0.2) is 58.9 Å². The number of hydrogen-bond acceptors (Lipinski definition) is 4. The van der Waals surface area contributed by atoms with E-state index in [9.17, 15) is 9.59 Å². The second-order valence-corrected chi connectivity index (χ2v) is 8.92. The number of benzene rings is 1. The third-order valence-electron chi connectivity index (χ3n) is 5.10. The number of nitrogens with zero attached hydrogens (tertiary/aromatic N) is 2. The number of halogens is 1. The lowest BCUT2D eigenvalue weighted by molar-refractivity contribution is -0.138. The predicted molar refractivity (Wildman–Crippen MR) is 102 cm³/mol. The van der Waals surface area contributed by atoms with Crippen molar-refractivity contribution in [1.82, 2.24) is 15.1 Å². The average molecular weight is 382 g/mol. The van der Waals surface area contributed by atoms with Gasteiger partial charge in [0, 0.05) is 23.7 Å². The summed E-state index contributed by atoms with van der Waals surface area (Å²) in [5.74, 6) is 0.667. The van der Waals surface area contributed by atoms with E-state index in [1.807, 2.05) is 43.3 Å². The number of rotatable bonds is 5. The highest BCUT2D eigenvalue weighted by atomic mass is 35.5. The molecule has 0 aliphatic carbocycles. The Morgan fingerprint density at radius 1 is 1.48 bits per heavy atom. The summed E-state index contributed by atoms with van der Waals surface area (Å²) in [6.45, 7) is 2.51. The fourth-order valence-corrected chi connectivity index (χ4v) is 5.34. The van der Waals surface area contributed by atoms with Gasteiger partial charge in [-0.1, -0.05) is 29.8 Å². The molecule has 3 unspecified atom stereocenters. The van der Waals surface area contributed by atoms with Gasteiger partial charge in [0.25, 0.3) is 0 Å². The van der Waals surface area contributed by atoms with E-state index in [4.69, 9.17) is 11.6 Å². The maximum atomic E-state index is 12.7. The molecule has 2 amide bonds.